The molecule has 10 heteroatoms. The molecule has 0 rings (SSSR count). The van der Waals surface area contributed by atoms with E-state index >= 15 is 0 Å². The van der Waals surface area contributed by atoms with E-state index < -0.39 is 13.8 Å². The Balaban J connectivity index is -0.000000267. The third-order valence-electron chi connectivity index (χ3n) is 0.500. The minimum absolute atomic E-state index is 0. The maximum absolute atomic E-state index is 9.55. The van der Waals surface area contributed by atoms with Gasteiger partial charge in [-0.15, -0.1) is 0 Å². The Morgan fingerprint density at radius 1 is 0.857 bits per heavy atom. The molecule has 0 aliphatic heterocycles. The molecule has 0 aliphatic carbocycles. The van der Waals surface area contributed by atoms with E-state index in [0.29, 0.717) is 0 Å². The van der Waals surface area contributed by atoms with E-state index in [1.807, 2.05) is 0 Å². The van der Waals surface area contributed by atoms with Crippen LogP contribution in [0.15, 0.2) is 0 Å². The monoisotopic (exact) mass is 214 g/mol. The van der Waals surface area contributed by atoms with Crippen LogP contribution in [0.3, 0.4) is 0 Å². The summed E-state index contributed by atoms with van der Waals surface area (Å²) in [6.45, 7) is -0.549. The summed E-state index contributed by atoms with van der Waals surface area (Å²) in [7, 11) is -1.58. The Hall–Kier alpha value is -1.06. The van der Waals surface area contributed by atoms with Gasteiger partial charge in [-0.3, -0.25) is 14.4 Å². The number of carboxylic acid groups (broad SMARTS) is 1. The molecular weight excluding hydrogens is 210 g/mol. The number of hydrogen-bond donors (Lipinski definition) is 0. The fraction of sp³-hybridized carbons (Fsp3) is 0. The summed E-state index contributed by atoms with van der Waals surface area (Å²) in [5.41, 5.74) is 0. The van der Waals surface area contributed by atoms with Gasteiger partial charge in [-0.25, -0.2) is 0 Å². The van der Waals surface area contributed by atoms with Gasteiger partial charge in [-0.2, -0.15) is 0 Å². The van der Waals surface area contributed by atoms with Crippen molar-refractivity contribution in [3.05, 3.63) is 0 Å². The maximum atomic E-state index is 9.55. The fourth-order valence-electron chi connectivity index (χ4n) is 0.232. The van der Waals surface area contributed by atoms with Gasteiger partial charge in [0.25, 0.3) is 19.4 Å². The second-order valence-corrected chi connectivity index (χ2v) is 1.08. The molecule has 0 aromatic rings. The Labute approximate surface area is 101 Å². The molecule has 0 amide bonds. The summed E-state index contributed by atoms with van der Waals surface area (Å²) in [5, 5.41) is 8.25. The maximum Gasteiger partial charge on any atom is 1.00 e. The van der Waals surface area contributed by atoms with Gasteiger partial charge in [-0.1, -0.05) is 0 Å². The molecule has 0 N–H and O–H groups in total. The summed E-state index contributed by atoms with van der Waals surface area (Å²) in [4.78, 5) is 36.9. The molecule has 0 aliphatic rings. The predicted octanol–water partition coefficient (Wildman–Crippen LogP) is -6.14. The zero-order chi connectivity index (χ0) is 10.5. The average molecular weight is 214 g/mol. The zero-order valence-electron chi connectivity index (χ0n) is 7.15. The minimum atomic E-state index is -1.58. The SMILES string of the molecule is O=COB(OC=O)OC=O.O=C[O-].[Na+]. The van der Waals surface area contributed by atoms with Crippen LogP contribution >= 0.6 is 0 Å². The van der Waals surface area contributed by atoms with Crippen LogP contribution in [0, 0.1) is 0 Å². The van der Waals surface area contributed by atoms with Crippen molar-refractivity contribution in [3.8, 4) is 0 Å². The molecule has 0 saturated carbocycles. The summed E-state index contributed by atoms with van der Waals surface area (Å²) in [6.07, 6.45) is 0. The summed E-state index contributed by atoms with van der Waals surface area (Å²) in [5.74, 6) is 0. The number of rotatable bonds is 6. The van der Waals surface area contributed by atoms with Crippen molar-refractivity contribution in [1.82, 2.24) is 0 Å². The molecule has 0 radical (unpaired) electrons. The van der Waals surface area contributed by atoms with Crippen molar-refractivity contribution in [2.24, 2.45) is 0 Å². The van der Waals surface area contributed by atoms with E-state index in [1.165, 1.54) is 0 Å². The van der Waals surface area contributed by atoms with Gasteiger partial charge in [0.1, 0.15) is 0 Å². The fourth-order valence-corrected chi connectivity index (χ4v) is 0.232. The van der Waals surface area contributed by atoms with Crippen LogP contribution in [0.2, 0.25) is 0 Å². The minimum Gasteiger partial charge on any atom is -0.554 e. The van der Waals surface area contributed by atoms with Crippen LogP contribution in [0.25, 0.3) is 0 Å². The van der Waals surface area contributed by atoms with Crippen molar-refractivity contribution in [3.63, 3.8) is 0 Å². The third kappa shape index (κ3) is 17.1. The van der Waals surface area contributed by atoms with E-state index in [2.05, 4.69) is 14.0 Å². The molecule has 0 aromatic heterocycles. The van der Waals surface area contributed by atoms with Gasteiger partial charge in [0, 0.05) is 6.47 Å². The second-order valence-electron chi connectivity index (χ2n) is 1.08. The first-order valence-electron chi connectivity index (χ1n) is 2.59. The van der Waals surface area contributed by atoms with E-state index in [4.69, 9.17) is 9.90 Å². The van der Waals surface area contributed by atoms with E-state index in [9.17, 15) is 14.4 Å². The number of carbonyl (C=O) groups is 4. The molecule has 0 saturated heterocycles. The molecular formula is C4H4BNaO8. The molecule has 0 aromatic carbocycles. The molecule has 14 heavy (non-hydrogen) atoms. The van der Waals surface area contributed by atoms with Gasteiger partial charge in [0.15, 0.2) is 0 Å². The topological polar surface area (TPSA) is 119 Å². The molecule has 0 unspecified atom stereocenters. The van der Waals surface area contributed by atoms with Crippen LogP contribution in [0.5, 0.6) is 0 Å². The summed E-state index contributed by atoms with van der Waals surface area (Å²) in [6, 6.07) is 0. The van der Waals surface area contributed by atoms with Gasteiger partial charge in [0.2, 0.25) is 0 Å². The molecule has 0 heterocycles. The number of carbonyl (C=O) groups excluding carboxylic acids is 4. The summed E-state index contributed by atoms with van der Waals surface area (Å²) < 4.78 is 11.8. The predicted molar refractivity (Wildman–Crippen MR) is 33.3 cm³/mol. The smallest absolute Gasteiger partial charge is 0.554 e. The van der Waals surface area contributed by atoms with Crippen molar-refractivity contribution >= 4 is 33.2 Å². The van der Waals surface area contributed by atoms with Crippen LogP contribution in [0.4, 0.5) is 0 Å². The molecule has 0 spiro atoms. The number of hydrogen-bond acceptors (Lipinski definition) is 8. The first-order valence-corrected chi connectivity index (χ1v) is 2.59. The normalized spacial score (nSPS) is 6.00. The van der Waals surface area contributed by atoms with E-state index in [1.54, 1.807) is 0 Å². The van der Waals surface area contributed by atoms with Gasteiger partial charge >= 0.3 is 36.9 Å². The molecule has 0 fully saturated rings. The molecule has 72 valence electrons. The van der Waals surface area contributed by atoms with Crippen molar-refractivity contribution in [2.75, 3.05) is 0 Å². The van der Waals surface area contributed by atoms with Crippen LogP contribution in [-0.2, 0) is 33.1 Å². The second kappa shape index (κ2) is 17.9. The first-order chi connectivity index (χ1) is 6.26. The van der Waals surface area contributed by atoms with E-state index in [0.717, 1.165) is 0 Å². The van der Waals surface area contributed by atoms with Crippen molar-refractivity contribution in [1.29, 1.82) is 0 Å². The quantitative estimate of drug-likeness (QED) is 0.316. The van der Waals surface area contributed by atoms with Gasteiger partial charge < -0.3 is 23.9 Å². The standard InChI is InChI=1S/C3H3BO6.CH2O2.Na/c5-1-8-4(9-2-6)10-3-7;2-1-3;/h1-3H;1H,(H,2,3);/q;;+1/p-1. The average Bonchev–Trinajstić information content (AvgIpc) is 2.07. The Morgan fingerprint density at radius 2 is 1.07 bits per heavy atom. The van der Waals surface area contributed by atoms with Crippen LogP contribution in [-0.4, -0.2) is 33.2 Å². The zero-order valence-corrected chi connectivity index (χ0v) is 9.15. The molecule has 0 bridgehead atoms. The van der Waals surface area contributed by atoms with E-state index in [-0.39, 0.29) is 49.0 Å². The third-order valence-corrected chi connectivity index (χ3v) is 0.500. The Kier molecular flexibility index (Phi) is 23.9. The van der Waals surface area contributed by atoms with Crippen molar-refractivity contribution in [2.45, 2.75) is 0 Å². The van der Waals surface area contributed by atoms with Crippen LogP contribution < -0.4 is 34.7 Å². The molecule has 0 atom stereocenters. The van der Waals surface area contributed by atoms with Crippen LogP contribution in [0.1, 0.15) is 0 Å². The largest absolute Gasteiger partial charge is 1.00 e. The molecule has 8 nitrogen and oxygen atoms in total. The van der Waals surface area contributed by atoms with Gasteiger partial charge in [0.05, 0.1) is 0 Å². The van der Waals surface area contributed by atoms with Crippen molar-refractivity contribution < 1.29 is 67.8 Å². The first kappa shape index (κ1) is 18.7. The summed E-state index contributed by atoms with van der Waals surface area (Å²) >= 11 is 0. The Bertz CT molecular complexity index is 140. The Morgan fingerprint density at radius 3 is 1.21 bits per heavy atom. The van der Waals surface area contributed by atoms with Gasteiger partial charge in [-0.05, 0) is 0 Å².